The number of carbonyl (C=O) groups excluding carboxylic acids is 5. The highest BCUT2D eigenvalue weighted by Gasteiger charge is 2.55. The Morgan fingerprint density at radius 3 is 2.24 bits per heavy atom. The van der Waals surface area contributed by atoms with Crippen molar-refractivity contribution in [3.05, 3.63) is 70.9 Å². The maximum atomic E-state index is 13.2. The molecule has 3 unspecified atom stereocenters. The van der Waals surface area contributed by atoms with Crippen LogP contribution in [0.25, 0.3) is 0 Å². The standard InChI is InChI=1S/C49H59F3N10O10/c50-49(51,52)72-38-7-2-1-4-31(38)26-57-47-58-27-34(25-53)43(61-47)59-29-48-22-30-20-32(23-48)42(33(21-30)24-48)55-11-13-69-15-17-71-19-18-70-16-14-68-12-10-54-40(64)28-56-36-6-3-5-35-41(36)46(67)62(45(35)66)37-8-9-39(63)60-44(37)65/h1-7,27,30,32-33,37,42,55-56H,8-24,26,28-29H2,(H,54,64)(H,60,63,65)(H2,57,58,59,61). The summed E-state index contributed by atoms with van der Waals surface area (Å²) < 4.78 is 65.5. The molecule has 2 aromatic carbocycles. The Morgan fingerprint density at radius 2 is 1.54 bits per heavy atom. The van der Waals surface area contributed by atoms with Gasteiger partial charge in [-0.15, -0.1) is 13.2 Å². The van der Waals surface area contributed by atoms with Gasteiger partial charge in [0.25, 0.3) is 11.8 Å². The molecule has 5 amide bonds. The van der Waals surface area contributed by atoms with E-state index < -0.39 is 36.0 Å². The van der Waals surface area contributed by atoms with E-state index in [0.717, 1.165) is 30.7 Å². The topological polar surface area (TPSA) is 256 Å². The summed E-state index contributed by atoms with van der Waals surface area (Å²) >= 11 is 0. The first kappa shape index (κ1) is 51.9. The van der Waals surface area contributed by atoms with E-state index in [-0.39, 0.29) is 84.5 Å². The fraction of sp³-hybridized carbons (Fsp3) is 0.551. The number of amides is 5. The van der Waals surface area contributed by atoms with Crippen LogP contribution in [-0.4, -0.2) is 142 Å². The van der Waals surface area contributed by atoms with Crippen molar-refractivity contribution in [1.82, 2.24) is 30.8 Å². The van der Waals surface area contributed by atoms with Crippen LogP contribution in [0.5, 0.6) is 5.75 Å². The molecule has 9 rings (SSSR count). The summed E-state index contributed by atoms with van der Waals surface area (Å²) in [5.74, 6) is -0.812. The zero-order valence-electron chi connectivity index (χ0n) is 39.7. The zero-order valence-corrected chi connectivity index (χ0v) is 39.7. The van der Waals surface area contributed by atoms with Gasteiger partial charge in [-0.2, -0.15) is 10.2 Å². The van der Waals surface area contributed by atoms with E-state index in [1.807, 2.05) is 0 Å². The number of para-hydroxylation sites is 1. The number of nitriles is 1. The Labute approximate surface area is 413 Å². The molecule has 1 saturated heterocycles. The van der Waals surface area contributed by atoms with Crippen LogP contribution in [0.2, 0.25) is 0 Å². The monoisotopic (exact) mass is 1000 g/mol. The Morgan fingerprint density at radius 1 is 0.847 bits per heavy atom. The number of piperidine rings is 1. The Kier molecular flexibility index (Phi) is 17.2. The minimum atomic E-state index is -4.82. The molecule has 3 aromatic rings. The van der Waals surface area contributed by atoms with Crippen molar-refractivity contribution in [1.29, 1.82) is 5.26 Å². The second-order valence-corrected chi connectivity index (χ2v) is 18.7. The first-order valence-electron chi connectivity index (χ1n) is 24.3. The maximum Gasteiger partial charge on any atom is 0.573 e. The van der Waals surface area contributed by atoms with Gasteiger partial charge in [-0.1, -0.05) is 24.3 Å². The number of nitrogens with one attached hydrogen (secondary N) is 6. The lowest BCUT2D eigenvalue weighted by Crippen LogP contribution is -2.60. The highest BCUT2D eigenvalue weighted by atomic mass is 19.4. The van der Waals surface area contributed by atoms with E-state index in [9.17, 15) is 42.4 Å². The first-order valence-corrected chi connectivity index (χ1v) is 24.3. The zero-order chi connectivity index (χ0) is 50.7. The summed E-state index contributed by atoms with van der Waals surface area (Å²) in [7, 11) is 0. The lowest BCUT2D eigenvalue weighted by atomic mass is 9.48. The van der Waals surface area contributed by atoms with E-state index >= 15 is 0 Å². The highest BCUT2D eigenvalue weighted by Crippen LogP contribution is 2.60. The van der Waals surface area contributed by atoms with E-state index in [2.05, 4.69) is 52.7 Å². The van der Waals surface area contributed by atoms with Crippen molar-refractivity contribution >= 4 is 47.0 Å². The third kappa shape index (κ3) is 13.1. The van der Waals surface area contributed by atoms with Crippen LogP contribution in [0.15, 0.2) is 48.7 Å². The molecule has 2 aliphatic heterocycles. The number of hydrogen-bond donors (Lipinski definition) is 6. The number of aromatic nitrogens is 2. The number of anilines is 3. The third-order valence-corrected chi connectivity index (χ3v) is 13.8. The van der Waals surface area contributed by atoms with Crippen LogP contribution in [0, 0.1) is 34.5 Å². The van der Waals surface area contributed by atoms with Crippen LogP contribution in [-0.2, 0) is 39.9 Å². The number of halogens is 3. The van der Waals surface area contributed by atoms with Crippen molar-refractivity contribution in [2.75, 3.05) is 95.0 Å². The van der Waals surface area contributed by atoms with Crippen molar-refractivity contribution in [2.45, 2.75) is 69.9 Å². The van der Waals surface area contributed by atoms with Gasteiger partial charge < -0.3 is 50.3 Å². The van der Waals surface area contributed by atoms with Gasteiger partial charge in [-0.05, 0) is 79.9 Å². The second-order valence-electron chi connectivity index (χ2n) is 18.7. The predicted octanol–water partition coefficient (Wildman–Crippen LogP) is 3.75. The molecule has 6 aliphatic rings. The van der Waals surface area contributed by atoms with Crippen LogP contribution < -0.4 is 36.6 Å². The molecule has 72 heavy (non-hydrogen) atoms. The molecule has 3 heterocycles. The predicted molar refractivity (Wildman–Crippen MR) is 251 cm³/mol. The van der Waals surface area contributed by atoms with Gasteiger partial charge in [0, 0.05) is 49.9 Å². The normalized spacial score (nSPS) is 23.1. The molecule has 6 N–H and O–H groups in total. The highest BCUT2D eigenvalue weighted by molar-refractivity contribution is 6.25. The minimum Gasteiger partial charge on any atom is -0.405 e. The lowest BCUT2D eigenvalue weighted by molar-refractivity contribution is -0.274. The summed E-state index contributed by atoms with van der Waals surface area (Å²) in [6.45, 7) is 4.63. The SMILES string of the molecule is N#Cc1cnc(NCc2ccccc2OC(F)(F)F)nc1NCC12CC3CC(C1)C(NCCOCCOCCOCCOCCNC(=O)CNc1cccc4c1C(=O)N(C1CCC(=O)NC1=O)C4=O)C(C3)C2. The van der Waals surface area contributed by atoms with E-state index in [4.69, 9.17) is 18.9 Å². The molecule has 4 aliphatic carbocycles. The summed E-state index contributed by atoms with van der Waals surface area (Å²) in [6.07, 6.45) is 2.27. The lowest BCUT2D eigenvalue weighted by Gasteiger charge is -2.60. The van der Waals surface area contributed by atoms with E-state index in [1.54, 1.807) is 18.2 Å². The van der Waals surface area contributed by atoms with Gasteiger partial charge in [0.05, 0.1) is 76.7 Å². The summed E-state index contributed by atoms with van der Waals surface area (Å²) in [4.78, 5) is 72.3. The number of nitrogens with zero attached hydrogens (tertiary/aromatic N) is 4. The van der Waals surface area contributed by atoms with Crippen LogP contribution in [0.4, 0.5) is 30.6 Å². The smallest absolute Gasteiger partial charge is 0.405 e. The largest absolute Gasteiger partial charge is 0.573 e. The molecule has 20 nitrogen and oxygen atoms in total. The van der Waals surface area contributed by atoms with E-state index in [1.165, 1.54) is 43.3 Å². The number of fused-ring (bicyclic) bond motifs is 1. The number of hydrogen-bond acceptors (Lipinski definition) is 17. The molecule has 5 fully saturated rings. The minimum absolute atomic E-state index is 0.0100. The van der Waals surface area contributed by atoms with Gasteiger partial charge in [0.15, 0.2) is 0 Å². The van der Waals surface area contributed by atoms with Crippen LogP contribution >= 0.6 is 0 Å². The van der Waals surface area contributed by atoms with Gasteiger partial charge in [-0.3, -0.25) is 34.2 Å². The number of imide groups is 2. The Balaban J connectivity index is 0.637. The number of alkyl halides is 3. The van der Waals surface area contributed by atoms with Gasteiger partial charge >= 0.3 is 6.36 Å². The number of rotatable bonds is 27. The van der Waals surface area contributed by atoms with Crippen LogP contribution in [0.1, 0.15) is 76.8 Å². The average molecular weight is 1010 g/mol. The second kappa shape index (κ2) is 23.8. The van der Waals surface area contributed by atoms with Crippen molar-refractivity contribution in [2.24, 2.45) is 23.2 Å². The number of carbonyl (C=O) groups is 5. The number of benzene rings is 2. The fourth-order valence-corrected chi connectivity index (χ4v) is 11.0. The van der Waals surface area contributed by atoms with E-state index in [0.29, 0.717) is 88.0 Å². The Hall–Kier alpha value is -6.45. The quantitative estimate of drug-likeness (QED) is 0.0470. The molecular weight excluding hydrogens is 946 g/mol. The van der Waals surface area contributed by atoms with Crippen molar-refractivity contribution in [3.63, 3.8) is 0 Å². The van der Waals surface area contributed by atoms with Gasteiger partial charge in [0.1, 0.15) is 29.2 Å². The average Bonchev–Trinajstić information content (AvgIpc) is 3.60. The molecule has 0 radical (unpaired) electrons. The molecule has 23 heteroatoms. The molecule has 4 bridgehead atoms. The summed E-state index contributed by atoms with van der Waals surface area (Å²) in [5, 5.41) is 27.8. The first-order chi connectivity index (χ1) is 34.8. The summed E-state index contributed by atoms with van der Waals surface area (Å²) in [6, 6.07) is 12.0. The molecule has 1 aromatic heterocycles. The van der Waals surface area contributed by atoms with Gasteiger partial charge in [-0.25, -0.2) is 4.98 Å². The molecule has 0 spiro atoms. The number of ether oxygens (including phenoxy) is 5. The fourth-order valence-electron chi connectivity index (χ4n) is 11.0. The molecule has 4 saturated carbocycles. The van der Waals surface area contributed by atoms with Crippen molar-refractivity contribution in [3.8, 4) is 11.8 Å². The maximum absolute atomic E-state index is 13.2. The van der Waals surface area contributed by atoms with Crippen LogP contribution in [0.3, 0.4) is 0 Å². The molecule has 386 valence electrons. The van der Waals surface area contributed by atoms with Gasteiger partial charge in [0.2, 0.25) is 23.7 Å². The molecular formula is C49H59F3N10O10. The molecule has 3 atom stereocenters. The third-order valence-electron chi connectivity index (χ3n) is 13.8. The van der Waals surface area contributed by atoms with Crippen molar-refractivity contribution < 1.29 is 60.8 Å². The summed E-state index contributed by atoms with van der Waals surface area (Å²) in [5.41, 5.74) is 1.12. The Bertz CT molecular complexity index is 2480.